The molecule has 4 rings (SSSR count). The molecule has 0 bridgehead atoms. The highest BCUT2D eigenvalue weighted by atomic mass is 32.2. The van der Waals surface area contributed by atoms with Crippen LogP contribution >= 0.6 is 11.8 Å². The summed E-state index contributed by atoms with van der Waals surface area (Å²) in [6.07, 6.45) is 5.52. The van der Waals surface area contributed by atoms with Crippen molar-refractivity contribution in [2.45, 2.75) is 64.1 Å². The predicted molar refractivity (Wildman–Crippen MR) is 121 cm³/mol. The van der Waals surface area contributed by atoms with Gasteiger partial charge in [-0.1, -0.05) is 24.6 Å². The summed E-state index contributed by atoms with van der Waals surface area (Å²) in [4.78, 5) is 17.6. The number of aromatic nitrogens is 2. The number of benzene rings is 1. The molecule has 0 saturated heterocycles. The van der Waals surface area contributed by atoms with E-state index < -0.39 is 10.0 Å². The van der Waals surface area contributed by atoms with Gasteiger partial charge in [0, 0.05) is 23.8 Å². The quantitative estimate of drug-likeness (QED) is 0.467. The van der Waals surface area contributed by atoms with Crippen LogP contribution in [0.3, 0.4) is 0 Å². The average molecular weight is 448 g/mol. The van der Waals surface area contributed by atoms with E-state index in [1.54, 1.807) is 19.1 Å². The van der Waals surface area contributed by atoms with Crippen LogP contribution in [0.1, 0.15) is 66.0 Å². The Morgan fingerprint density at radius 1 is 1.23 bits per heavy atom. The van der Waals surface area contributed by atoms with Gasteiger partial charge in [-0.2, -0.15) is 0 Å². The molecule has 2 aromatic rings. The molecule has 0 radical (unpaired) electrons. The number of hydrogen-bond acceptors (Lipinski definition) is 5. The number of aryl methyl sites for hydroxylation is 1. The van der Waals surface area contributed by atoms with Gasteiger partial charge in [0.05, 0.1) is 22.9 Å². The maximum atomic E-state index is 12.9. The molecule has 0 amide bonds. The van der Waals surface area contributed by atoms with Crippen LogP contribution in [-0.4, -0.2) is 41.8 Å². The average Bonchev–Trinajstić information content (AvgIpc) is 3.45. The van der Waals surface area contributed by atoms with E-state index in [1.807, 2.05) is 13.0 Å². The zero-order valence-corrected chi connectivity index (χ0v) is 19.5. The number of sulfonamides is 1. The molecule has 8 heteroatoms. The van der Waals surface area contributed by atoms with Gasteiger partial charge in [0.25, 0.3) is 0 Å². The smallest absolute Gasteiger partial charge is 0.234 e. The fourth-order valence-electron chi connectivity index (χ4n) is 4.49. The number of anilines is 1. The number of Topliss-reactive ketones (excluding diaryl/α,β-unsaturated/α-hetero) is 1. The van der Waals surface area contributed by atoms with Gasteiger partial charge in [-0.05, 0) is 63.8 Å². The van der Waals surface area contributed by atoms with E-state index in [2.05, 4.69) is 11.5 Å². The molecular formula is C22H29N3O3S2. The van der Waals surface area contributed by atoms with Crippen LogP contribution in [0, 0.1) is 13.8 Å². The molecule has 0 spiro atoms. The summed E-state index contributed by atoms with van der Waals surface area (Å²) in [7, 11) is -3.27. The van der Waals surface area contributed by atoms with Gasteiger partial charge in [-0.15, -0.1) is 0 Å². The highest BCUT2D eigenvalue weighted by molar-refractivity contribution is 7.99. The molecule has 2 aliphatic rings. The van der Waals surface area contributed by atoms with E-state index in [4.69, 9.17) is 4.98 Å². The highest BCUT2D eigenvalue weighted by Crippen LogP contribution is 2.36. The van der Waals surface area contributed by atoms with E-state index in [0.29, 0.717) is 36.0 Å². The van der Waals surface area contributed by atoms with Crippen LogP contribution in [0.25, 0.3) is 0 Å². The summed E-state index contributed by atoms with van der Waals surface area (Å²) < 4.78 is 28.3. The Hall–Kier alpha value is -1.80. The van der Waals surface area contributed by atoms with Crippen molar-refractivity contribution >= 4 is 33.3 Å². The number of nitrogens with zero attached hydrogens (tertiary/aromatic N) is 3. The van der Waals surface area contributed by atoms with Crippen molar-refractivity contribution in [2.24, 2.45) is 0 Å². The summed E-state index contributed by atoms with van der Waals surface area (Å²) in [5.74, 6) is 0.463. The lowest BCUT2D eigenvalue weighted by Gasteiger charge is -2.18. The van der Waals surface area contributed by atoms with Crippen LogP contribution in [0.2, 0.25) is 0 Å². The molecule has 1 fully saturated rings. The number of fused-ring (bicyclic) bond motifs is 1. The fraction of sp³-hybridized carbons (Fsp3) is 0.545. The number of imidazole rings is 1. The molecule has 0 N–H and O–H groups in total. The van der Waals surface area contributed by atoms with Crippen molar-refractivity contribution < 1.29 is 13.2 Å². The first kappa shape index (κ1) is 21.4. The Balaban J connectivity index is 1.49. The molecular weight excluding hydrogens is 418 g/mol. The monoisotopic (exact) mass is 447 g/mol. The molecule has 6 nitrogen and oxygen atoms in total. The maximum Gasteiger partial charge on any atom is 0.234 e. The zero-order chi connectivity index (χ0) is 21.5. The van der Waals surface area contributed by atoms with E-state index >= 15 is 0 Å². The molecule has 30 heavy (non-hydrogen) atoms. The van der Waals surface area contributed by atoms with Crippen molar-refractivity contribution in [3.8, 4) is 0 Å². The molecule has 1 aromatic carbocycles. The summed E-state index contributed by atoms with van der Waals surface area (Å²) >= 11 is 1.51. The highest BCUT2D eigenvalue weighted by Gasteiger charge is 2.29. The standard InChI is InChI=1S/C22H29N3O3S2/c1-4-30(27,28)24-12-11-17-13-18(9-10-20(17)24)21(26)14-29-22-23-15(2)16(3)25(22)19-7-5-6-8-19/h9-10,13,19H,4-8,11-12,14H2,1-3H3. The molecule has 1 aliphatic heterocycles. The van der Waals surface area contributed by atoms with E-state index in [1.165, 1.54) is 47.4 Å². The first-order valence-corrected chi connectivity index (χ1v) is 13.3. The number of thioether (sulfide) groups is 1. The Labute approximate surface area is 183 Å². The Morgan fingerprint density at radius 3 is 2.67 bits per heavy atom. The molecule has 0 unspecified atom stereocenters. The summed E-state index contributed by atoms with van der Waals surface area (Å²) in [6.45, 7) is 6.25. The number of ketones is 1. The van der Waals surface area contributed by atoms with Gasteiger partial charge in [0.2, 0.25) is 10.0 Å². The Morgan fingerprint density at radius 2 is 1.97 bits per heavy atom. The first-order valence-electron chi connectivity index (χ1n) is 10.7. The van der Waals surface area contributed by atoms with Crippen LogP contribution in [0.5, 0.6) is 0 Å². The number of carbonyl (C=O) groups is 1. The van der Waals surface area contributed by atoms with Crippen molar-refractivity contribution in [3.63, 3.8) is 0 Å². The normalized spacial score (nSPS) is 17.0. The molecule has 1 saturated carbocycles. The second-order valence-corrected chi connectivity index (χ2v) is 11.3. The van der Waals surface area contributed by atoms with Crippen molar-refractivity contribution in [1.29, 1.82) is 0 Å². The molecule has 0 atom stereocenters. The zero-order valence-electron chi connectivity index (χ0n) is 17.8. The van der Waals surface area contributed by atoms with Gasteiger partial charge >= 0.3 is 0 Å². The topological polar surface area (TPSA) is 72.3 Å². The minimum Gasteiger partial charge on any atom is -0.320 e. The summed E-state index contributed by atoms with van der Waals surface area (Å²) in [5.41, 5.74) is 4.52. The van der Waals surface area contributed by atoms with Crippen molar-refractivity contribution in [1.82, 2.24) is 9.55 Å². The van der Waals surface area contributed by atoms with Gasteiger partial charge < -0.3 is 4.57 Å². The molecule has 2 heterocycles. The van der Waals surface area contributed by atoms with Crippen LogP contribution in [0.15, 0.2) is 23.4 Å². The lowest BCUT2D eigenvalue weighted by Crippen LogP contribution is -2.30. The largest absolute Gasteiger partial charge is 0.320 e. The predicted octanol–water partition coefficient (Wildman–Crippen LogP) is 4.30. The molecule has 1 aliphatic carbocycles. The van der Waals surface area contributed by atoms with Crippen LogP contribution in [-0.2, 0) is 16.4 Å². The minimum atomic E-state index is -3.27. The third kappa shape index (κ3) is 3.91. The number of hydrogen-bond donors (Lipinski definition) is 0. The Kier molecular flexibility index (Phi) is 5.99. The molecule has 1 aromatic heterocycles. The molecule has 162 valence electrons. The van der Waals surface area contributed by atoms with Gasteiger partial charge in [-0.25, -0.2) is 13.4 Å². The lowest BCUT2D eigenvalue weighted by molar-refractivity contribution is 0.102. The van der Waals surface area contributed by atoms with Gasteiger partial charge in [-0.3, -0.25) is 9.10 Å². The van der Waals surface area contributed by atoms with E-state index in [0.717, 1.165) is 16.4 Å². The second-order valence-electron chi connectivity index (χ2n) is 8.15. The maximum absolute atomic E-state index is 12.9. The van der Waals surface area contributed by atoms with Gasteiger partial charge in [0.1, 0.15) is 0 Å². The van der Waals surface area contributed by atoms with Crippen LogP contribution < -0.4 is 4.31 Å². The number of rotatable bonds is 7. The van der Waals surface area contributed by atoms with Crippen molar-refractivity contribution in [3.05, 3.63) is 40.7 Å². The SMILES string of the molecule is CCS(=O)(=O)N1CCc2cc(C(=O)CSc3nc(C)c(C)n3C3CCCC3)ccc21. The fourth-order valence-corrected chi connectivity index (χ4v) is 6.71. The third-order valence-electron chi connectivity index (χ3n) is 6.33. The Bertz CT molecular complexity index is 1070. The minimum absolute atomic E-state index is 0.0517. The third-order valence-corrected chi connectivity index (χ3v) is 9.06. The van der Waals surface area contributed by atoms with Gasteiger partial charge in [0.15, 0.2) is 10.9 Å². The van der Waals surface area contributed by atoms with E-state index in [9.17, 15) is 13.2 Å². The van der Waals surface area contributed by atoms with Crippen molar-refractivity contribution in [2.75, 3.05) is 22.4 Å². The first-order chi connectivity index (χ1) is 14.3. The second kappa shape index (κ2) is 8.38. The van der Waals surface area contributed by atoms with E-state index in [-0.39, 0.29) is 11.5 Å². The lowest BCUT2D eigenvalue weighted by atomic mass is 10.1. The van der Waals surface area contributed by atoms with Crippen LogP contribution in [0.4, 0.5) is 5.69 Å². The summed E-state index contributed by atoms with van der Waals surface area (Å²) in [6, 6.07) is 5.89. The number of carbonyl (C=O) groups excluding carboxylic acids is 1. The summed E-state index contributed by atoms with van der Waals surface area (Å²) in [5, 5.41) is 0.937.